The van der Waals surface area contributed by atoms with E-state index in [1.165, 1.54) is 23.9 Å². The molecule has 0 saturated heterocycles. The van der Waals surface area contributed by atoms with Gasteiger partial charge in [-0.15, -0.1) is 11.3 Å². The molecule has 0 bridgehead atoms. The lowest BCUT2D eigenvalue weighted by Crippen LogP contribution is -1.93. The van der Waals surface area contributed by atoms with E-state index in [1.54, 1.807) is 17.5 Å². The van der Waals surface area contributed by atoms with Crippen LogP contribution >= 0.6 is 11.3 Å². The summed E-state index contributed by atoms with van der Waals surface area (Å²) in [6, 6.07) is 3.52. The second kappa shape index (κ2) is 3.06. The van der Waals surface area contributed by atoms with Gasteiger partial charge in [-0.2, -0.15) is 0 Å². The van der Waals surface area contributed by atoms with E-state index in [4.69, 9.17) is 9.52 Å². The summed E-state index contributed by atoms with van der Waals surface area (Å²) in [5, 5.41) is 10.6. The summed E-state index contributed by atoms with van der Waals surface area (Å²) in [6.07, 6.45) is 3.06. The fourth-order valence-corrected chi connectivity index (χ4v) is 1.87. The molecule has 0 atom stereocenters. The predicted octanol–water partition coefficient (Wildman–Crippen LogP) is 2.71. The maximum absolute atomic E-state index is 10.8. The molecule has 4 heteroatoms. The van der Waals surface area contributed by atoms with Crippen molar-refractivity contribution in [2.75, 3.05) is 0 Å². The molecule has 1 N–H and O–H groups in total. The number of thiophene rings is 1. The maximum atomic E-state index is 10.8. The zero-order valence-corrected chi connectivity index (χ0v) is 7.38. The van der Waals surface area contributed by atoms with Gasteiger partial charge >= 0.3 is 5.97 Å². The van der Waals surface area contributed by atoms with Crippen LogP contribution < -0.4 is 0 Å². The van der Waals surface area contributed by atoms with Gasteiger partial charge in [-0.05, 0) is 17.5 Å². The molecular weight excluding hydrogens is 188 g/mol. The third kappa shape index (κ3) is 1.36. The van der Waals surface area contributed by atoms with Crippen molar-refractivity contribution in [1.29, 1.82) is 0 Å². The number of carboxylic acid groups (broad SMARTS) is 1. The van der Waals surface area contributed by atoms with Gasteiger partial charge in [0.15, 0.2) is 0 Å². The average molecular weight is 194 g/mol. The fourth-order valence-electron chi connectivity index (χ4n) is 1.12. The fraction of sp³-hybridized carbons (Fsp3) is 0. The zero-order valence-electron chi connectivity index (χ0n) is 6.56. The Labute approximate surface area is 78.2 Å². The smallest absolute Gasteiger partial charge is 0.346 e. The molecule has 0 aliphatic carbocycles. The molecule has 0 aliphatic heterocycles. The highest BCUT2D eigenvalue weighted by atomic mass is 32.1. The second-order valence-corrected chi connectivity index (χ2v) is 3.40. The topological polar surface area (TPSA) is 50.4 Å². The first-order chi connectivity index (χ1) is 6.29. The molecule has 0 unspecified atom stereocenters. The molecule has 0 amide bonds. The van der Waals surface area contributed by atoms with Crippen LogP contribution in [0.2, 0.25) is 0 Å². The monoisotopic (exact) mass is 194 g/mol. The Bertz CT molecular complexity index is 414. The summed E-state index contributed by atoms with van der Waals surface area (Å²) in [6.45, 7) is 0. The van der Waals surface area contributed by atoms with Crippen molar-refractivity contribution in [3.8, 4) is 11.1 Å². The van der Waals surface area contributed by atoms with E-state index in [0.717, 1.165) is 5.56 Å². The van der Waals surface area contributed by atoms with Crippen LogP contribution in [0.15, 0.2) is 34.5 Å². The van der Waals surface area contributed by atoms with E-state index in [2.05, 4.69) is 0 Å². The van der Waals surface area contributed by atoms with Crippen LogP contribution in [-0.2, 0) is 0 Å². The molecule has 0 saturated carbocycles. The zero-order chi connectivity index (χ0) is 9.26. The van der Waals surface area contributed by atoms with Crippen LogP contribution in [0.4, 0.5) is 0 Å². The number of aromatic carboxylic acids is 1. The Balaban J connectivity index is 2.52. The van der Waals surface area contributed by atoms with E-state index < -0.39 is 5.97 Å². The molecule has 2 heterocycles. The van der Waals surface area contributed by atoms with Crippen LogP contribution in [0.5, 0.6) is 0 Å². The number of hydrogen-bond donors (Lipinski definition) is 1. The summed E-state index contributed by atoms with van der Waals surface area (Å²) < 4.78 is 4.88. The van der Waals surface area contributed by atoms with E-state index in [-0.39, 0.29) is 0 Å². The summed E-state index contributed by atoms with van der Waals surface area (Å²) in [5.41, 5.74) is 1.52. The van der Waals surface area contributed by atoms with Crippen LogP contribution in [0.25, 0.3) is 11.1 Å². The number of carboxylic acids is 1. The molecule has 2 rings (SSSR count). The molecule has 0 spiro atoms. The molecule has 13 heavy (non-hydrogen) atoms. The van der Waals surface area contributed by atoms with Crippen LogP contribution in [0.1, 0.15) is 9.67 Å². The first-order valence-corrected chi connectivity index (χ1v) is 4.50. The number of furan rings is 1. The van der Waals surface area contributed by atoms with Gasteiger partial charge in [0.25, 0.3) is 0 Å². The quantitative estimate of drug-likeness (QED) is 0.799. The van der Waals surface area contributed by atoms with Gasteiger partial charge in [0.1, 0.15) is 4.88 Å². The minimum atomic E-state index is -0.897. The maximum Gasteiger partial charge on any atom is 0.346 e. The summed E-state index contributed by atoms with van der Waals surface area (Å²) in [5.74, 6) is -0.897. The van der Waals surface area contributed by atoms with Gasteiger partial charge in [0.2, 0.25) is 0 Å². The van der Waals surface area contributed by atoms with Gasteiger partial charge in [-0.1, -0.05) is 0 Å². The van der Waals surface area contributed by atoms with Gasteiger partial charge in [0, 0.05) is 11.1 Å². The first kappa shape index (κ1) is 8.07. The normalized spacial score (nSPS) is 10.2. The van der Waals surface area contributed by atoms with Crippen LogP contribution in [-0.4, -0.2) is 11.1 Å². The summed E-state index contributed by atoms with van der Waals surface area (Å²) in [7, 11) is 0. The number of hydrogen-bond acceptors (Lipinski definition) is 3. The van der Waals surface area contributed by atoms with E-state index in [0.29, 0.717) is 10.4 Å². The molecule has 0 fully saturated rings. The molecule has 0 aromatic carbocycles. The third-order valence-electron chi connectivity index (χ3n) is 1.69. The lowest BCUT2D eigenvalue weighted by atomic mass is 10.1. The van der Waals surface area contributed by atoms with E-state index >= 15 is 0 Å². The minimum Gasteiger partial charge on any atom is -0.477 e. The lowest BCUT2D eigenvalue weighted by molar-refractivity contribution is 0.0703. The lowest BCUT2D eigenvalue weighted by Gasteiger charge is -1.93. The standard InChI is InChI=1S/C9H6O3S/c10-9(11)8-7(2-4-13-8)6-1-3-12-5-6/h1-5H,(H,10,11). The molecule has 2 aromatic heterocycles. The minimum absolute atomic E-state index is 0.349. The number of carbonyl (C=O) groups is 1. The Morgan fingerprint density at radius 2 is 2.31 bits per heavy atom. The first-order valence-electron chi connectivity index (χ1n) is 3.62. The Kier molecular flexibility index (Phi) is 1.90. The molecule has 3 nitrogen and oxygen atoms in total. The van der Waals surface area contributed by atoms with Gasteiger partial charge in [0.05, 0.1) is 12.5 Å². The second-order valence-electron chi connectivity index (χ2n) is 2.48. The Morgan fingerprint density at radius 1 is 1.46 bits per heavy atom. The van der Waals surface area contributed by atoms with E-state index in [9.17, 15) is 4.79 Å². The predicted molar refractivity (Wildman–Crippen MR) is 49.0 cm³/mol. The van der Waals surface area contributed by atoms with Crippen molar-refractivity contribution in [1.82, 2.24) is 0 Å². The molecule has 0 aliphatic rings. The van der Waals surface area contributed by atoms with Crippen LogP contribution in [0.3, 0.4) is 0 Å². The summed E-state index contributed by atoms with van der Waals surface area (Å²) >= 11 is 1.21. The largest absolute Gasteiger partial charge is 0.477 e. The van der Waals surface area contributed by atoms with Crippen molar-refractivity contribution in [2.24, 2.45) is 0 Å². The summed E-state index contributed by atoms with van der Waals surface area (Å²) in [4.78, 5) is 11.1. The highest BCUT2D eigenvalue weighted by molar-refractivity contribution is 7.12. The van der Waals surface area contributed by atoms with Crippen molar-refractivity contribution < 1.29 is 14.3 Å². The number of rotatable bonds is 2. The van der Waals surface area contributed by atoms with Gasteiger partial charge in [-0.25, -0.2) is 4.79 Å². The molecule has 2 aromatic rings. The Hall–Kier alpha value is -1.55. The molecule has 0 radical (unpaired) electrons. The highest BCUT2D eigenvalue weighted by Gasteiger charge is 2.13. The SMILES string of the molecule is O=C(O)c1sccc1-c1ccoc1. The van der Waals surface area contributed by atoms with E-state index in [1.807, 2.05) is 0 Å². The Morgan fingerprint density at radius 3 is 2.92 bits per heavy atom. The van der Waals surface area contributed by atoms with Crippen molar-refractivity contribution in [2.45, 2.75) is 0 Å². The third-order valence-corrected chi connectivity index (χ3v) is 2.59. The molecular formula is C9H6O3S. The van der Waals surface area contributed by atoms with Crippen LogP contribution in [0, 0.1) is 0 Å². The van der Waals surface area contributed by atoms with Gasteiger partial charge < -0.3 is 9.52 Å². The van der Waals surface area contributed by atoms with Crippen molar-refractivity contribution >= 4 is 17.3 Å². The average Bonchev–Trinajstić information content (AvgIpc) is 2.74. The van der Waals surface area contributed by atoms with Crippen molar-refractivity contribution in [3.63, 3.8) is 0 Å². The highest BCUT2D eigenvalue weighted by Crippen LogP contribution is 2.28. The van der Waals surface area contributed by atoms with Crippen molar-refractivity contribution in [3.05, 3.63) is 34.9 Å². The van der Waals surface area contributed by atoms with Gasteiger partial charge in [-0.3, -0.25) is 0 Å². The molecule has 66 valence electrons.